The number of pyridine rings is 1. The second kappa shape index (κ2) is 8.94. The highest BCUT2D eigenvalue weighted by Gasteiger charge is 2.08. The average Bonchev–Trinajstić information content (AvgIpc) is 2.69. The molecule has 0 atom stereocenters. The number of hydrogen-bond donors (Lipinski definition) is 1. The Morgan fingerprint density at radius 2 is 1.74 bits per heavy atom. The fourth-order valence-corrected chi connectivity index (χ4v) is 2.81. The van der Waals surface area contributed by atoms with Gasteiger partial charge in [0.2, 0.25) is 5.91 Å². The second-order valence-corrected chi connectivity index (χ2v) is 6.25. The van der Waals surface area contributed by atoms with Crippen molar-refractivity contribution in [1.29, 1.82) is 0 Å². The van der Waals surface area contributed by atoms with Crippen molar-refractivity contribution >= 4 is 17.4 Å². The van der Waals surface area contributed by atoms with E-state index in [0.29, 0.717) is 5.82 Å². The van der Waals surface area contributed by atoms with Gasteiger partial charge in [-0.15, -0.1) is 0 Å². The second-order valence-electron chi connectivity index (χ2n) is 6.25. The molecule has 2 aromatic carbocycles. The summed E-state index contributed by atoms with van der Waals surface area (Å²) in [7, 11) is 0. The smallest absolute Gasteiger partial charge is 0.229 e. The van der Waals surface area contributed by atoms with E-state index in [4.69, 9.17) is 0 Å². The maximum atomic E-state index is 12.9. The van der Waals surface area contributed by atoms with Crippen molar-refractivity contribution in [2.75, 3.05) is 16.8 Å². The van der Waals surface area contributed by atoms with Crippen LogP contribution in [0.1, 0.15) is 18.1 Å². The monoisotopic (exact) mass is 363 g/mol. The molecule has 5 heteroatoms. The van der Waals surface area contributed by atoms with Gasteiger partial charge in [-0.2, -0.15) is 0 Å². The Bertz CT molecular complexity index is 864. The lowest BCUT2D eigenvalue weighted by Gasteiger charge is -2.23. The topological polar surface area (TPSA) is 45.2 Å². The summed E-state index contributed by atoms with van der Waals surface area (Å²) in [5, 5.41) is 2.78. The lowest BCUT2D eigenvalue weighted by atomic mass is 10.1. The summed E-state index contributed by atoms with van der Waals surface area (Å²) < 4.78 is 12.9. The molecular formula is C22H22FN3O. The molecule has 1 N–H and O–H groups in total. The average molecular weight is 363 g/mol. The summed E-state index contributed by atoms with van der Waals surface area (Å²) in [5.41, 5.74) is 2.99. The summed E-state index contributed by atoms with van der Waals surface area (Å²) in [4.78, 5) is 18.7. The molecule has 4 nitrogen and oxygen atoms in total. The first-order chi connectivity index (χ1) is 13.1. The first-order valence-electron chi connectivity index (χ1n) is 8.93. The number of carbonyl (C=O) groups excluding carboxylic acids is 1. The van der Waals surface area contributed by atoms with Gasteiger partial charge in [0.25, 0.3) is 0 Å². The van der Waals surface area contributed by atoms with Crippen LogP contribution < -0.4 is 10.2 Å². The Hall–Kier alpha value is -3.21. The van der Waals surface area contributed by atoms with E-state index in [0.717, 1.165) is 24.3 Å². The van der Waals surface area contributed by atoms with Gasteiger partial charge in [0.05, 0.1) is 18.3 Å². The van der Waals surface area contributed by atoms with E-state index in [-0.39, 0.29) is 18.1 Å². The van der Waals surface area contributed by atoms with Gasteiger partial charge in [0, 0.05) is 13.1 Å². The normalized spacial score (nSPS) is 10.4. The quantitative estimate of drug-likeness (QED) is 0.675. The van der Waals surface area contributed by atoms with Gasteiger partial charge in [0.1, 0.15) is 11.6 Å². The number of rotatable bonds is 7. The molecule has 27 heavy (non-hydrogen) atoms. The van der Waals surface area contributed by atoms with Gasteiger partial charge in [-0.1, -0.05) is 42.5 Å². The zero-order chi connectivity index (χ0) is 19.1. The fraction of sp³-hybridized carbons (Fsp3) is 0.182. The molecule has 1 amide bonds. The van der Waals surface area contributed by atoms with E-state index in [1.54, 1.807) is 24.4 Å². The molecule has 0 bridgehead atoms. The van der Waals surface area contributed by atoms with Crippen LogP contribution in [-0.2, 0) is 17.8 Å². The van der Waals surface area contributed by atoms with Crippen molar-refractivity contribution in [2.45, 2.75) is 19.9 Å². The van der Waals surface area contributed by atoms with Crippen molar-refractivity contribution in [3.8, 4) is 0 Å². The Kier molecular flexibility index (Phi) is 6.15. The molecule has 0 unspecified atom stereocenters. The van der Waals surface area contributed by atoms with Crippen molar-refractivity contribution < 1.29 is 9.18 Å². The third-order valence-corrected chi connectivity index (χ3v) is 4.26. The third-order valence-electron chi connectivity index (χ3n) is 4.26. The number of halogens is 1. The number of hydrogen-bond acceptors (Lipinski definition) is 3. The number of carbonyl (C=O) groups is 1. The molecule has 138 valence electrons. The van der Waals surface area contributed by atoms with Crippen LogP contribution in [-0.4, -0.2) is 17.4 Å². The molecule has 0 spiro atoms. The van der Waals surface area contributed by atoms with E-state index < -0.39 is 0 Å². The van der Waals surface area contributed by atoms with E-state index in [1.807, 2.05) is 24.3 Å². The lowest BCUT2D eigenvalue weighted by Crippen LogP contribution is -2.22. The van der Waals surface area contributed by atoms with Crippen LogP contribution in [0.4, 0.5) is 15.9 Å². The molecule has 0 saturated heterocycles. The number of amides is 1. The number of nitrogens with one attached hydrogen (secondary N) is 1. The standard InChI is InChI=1S/C22H22FN3O/c1-2-26(16-18-6-4-3-5-7-18)20-12-13-21(24-15-20)25-22(27)14-17-8-10-19(23)11-9-17/h3-13,15H,2,14,16H2,1H3,(H,24,25,27). The van der Waals surface area contributed by atoms with Crippen LogP contribution in [0.5, 0.6) is 0 Å². The summed E-state index contributed by atoms with van der Waals surface area (Å²) in [6.45, 7) is 3.75. The third kappa shape index (κ3) is 5.38. The number of nitrogens with zero attached hydrogens (tertiary/aromatic N) is 2. The zero-order valence-corrected chi connectivity index (χ0v) is 15.2. The van der Waals surface area contributed by atoms with Gasteiger partial charge >= 0.3 is 0 Å². The Morgan fingerprint density at radius 1 is 1.00 bits per heavy atom. The van der Waals surface area contributed by atoms with E-state index in [1.165, 1.54) is 17.7 Å². The highest BCUT2D eigenvalue weighted by Crippen LogP contribution is 2.18. The molecule has 0 aliphatic heterocycles. The molecule has 1 aromatic heterocycles. The van der Waals surface area contributed by atoms with Crippen molar-refractivity contribution in [1.82, 2.24) is 4.98 Å². The predicted octanol–water partition coefficient (Wildman–Crippen LogP) is 4.43. The molecule has 0 aliphatic carbocycles. The highest BCUT2D eigenvalue weighted by molar-refractivity contribution is 5.91. The summed E-state index contributed by atoms with van der Waals surface area (Å²) >= 11 is 0. The van der Waals surface area contributed by atoms with E-state index >= 15 is 0 Å². The Balaban J connectivity index is 1.60. The van der Waals surface area contributed by atoms with Crippen LogP contribution in [0.15, 0.2) is 72.9 Å². The van der Waals surface area contributed by atoms with Gasteiger partial charge < -0.3 is 10.2 Å². The molecule has 3 aromatic rings. The first kappa shape index (κ1) is 18.6. The van der Waals surface area contributed by atoms with Crippen molar-refractivity contribution in [2.24, 2.45) is 0 Å². The molecule has 0 aliphatic rings. The first-order valence-corrected chi connectivity index (χ1v) is 8.93. The van der Waals surface area contributed by atoms with Gasteiger partial charge in [-0.05, 0) is 42.3 Å². The summed E-state index contributed by atoms with van der Waals surface area (Å²) in [5.74, 6) is 0.00696. The zero-order valence-electron chi connectivity index (χ0n) is 15.2. The molecule has 1 heterocycles. The van der Waals surface area contributed by atoms with Gasteiger partial charge in [-0.3, -0.25) is 4.79 Å². The molecule has 0 fully saturated rings. The summed E-state index contributed by atoms with van der Waals surface area (Å²) in [6, 6.07) is 19.9. The van der Waals surface area contributed by atoms with Crippen molar-refractivity contribution in [3.63, 3.8) is 0 Å². The highest BCUT2D eigenvalue weighted by atomic mass is 19.1. The SMILES string of the molecule is CCN(Cc1ccccc1)c1ccc(NC(=O)Cc2ccc(F)cc2)nc1. The fourth-order valence-electron chi connectivity index (χ4n) is 2.81. The maximum Gasteiger partial charge on any atom is 0.229 e. The van der Waals surface area contributed by atoms with Crippen LogP contribution in [0, 0.1) is 5.82 Å². The minimum atomic E-state index is -0.313. The lowest BCUT2D eigenvalue weighted by molar-refractivity contribution is -0.115. The van der Waals surface area contributed by atoms with E-state index in [2.05, 4.69) is 34.3 Å². The van der Waals surface area contributed by atoms with E-state index in [9.17, 15) is 9.18 Å². The van der Waals surface area contributed by atoms with Crippen molar-refractivity contribution in [3.05, 3.63) is 89.9 Å². The van der Waals surface area contributed by atoms with Gasteiger partial charge in [-0.25, -0.2) is 9.37 Å². The molecule has 0 radical (unpaired) electrons. The largest absolute Gasteiger partial charge is 0.366 e. The van der Waals surface area contributed by atoms with Crippen LogP contribution >= 0.6 is 0 Å². The molecule has 0 saturated carbocycles. The minimum Gasteiger partial charge on any atom is -0.366 e. The predicted molar refractivity (Wildman–Crippen MR) is 106 cm³/mol. The van der Waals surface area contributed by atoms with Crippen LogP contribution in [0.3, 0.4) is 0 Å². The van der Waals surface area contributed by atoms with Crippen LogP contribution in [0.25, 0.3) is 0 Å². The minimum absolute atomic E-state index is 0.179. The maximum absolute atomic E-state index is 12.9. The Morgan fingerprint density at radius 3 is 2.37 bits per heavy atom. The van der Waals surface area contributed by atoms with Crippen LogP contribution in [0.2, 0.25) is 0 Å². The Labute approximate surface area is 158 Å². The number of anilines is 2. The number of benzene rings is 2. The molecular weight excluding hydrogens is 341 g/mol. The van der Waals surface area contributed by atoms with Gasteiger partial charge in [0.15, 0.2) is 0 Å². The summed E-state index contributed by atoms with van der Waals surface area (Å²) in [6.07, 6.45) is 1.94. The molecule has 3 rings (SSSR count). The number of aromatic nitrogens is 1.